The summed E-state index contributed by atoms with van der Waals surface area (Å²) in [4.78, 5) is 17.3. The molecule has 0 spiro atoms. The molecule has 1 heterocycles. The molecule has 0 saturated carbocycles. The average Bonchev–Trinajstić information content (AvgIpc) is 3.02. The lowest BCUT2D eigenvalue weighted by Gasteiger charge is -2.19. The van der Waals surface area contributed by atoms with Crippen LogP contribution in [0, 0.1) is 5.92 Å². The molecule has 0 radical (unpaired) electrons. The second kappa shape index (κ2) is 8.17. The van der Waals surface area contributed by atoms with E-state index < -0.39 is 0 Å². The summed E-state index contributed by atoms with van der Waals surface area (Å²) in [6, 6.07) is 18.4. The smallest absolute Gasteiger partial charge is 0.223 e. The van der Waals surface area contributed by atoms with E-state index in [0.717, 1.165) is 36.2 Å². The van der Waals surface area contributed by atoms with Crippen LogP contribution in [0.1, 0.15) is 51.0 Å². The number of nitrogens with zero attached hydrogens (tertiary/aromatic N) is 2. The van der Waals surface area contributed by atoms with Crippen molar-refractivity contribution in [1.29, 1.82) is 0 Å². The van der Waals surface area contributed by atoms with E-state index in [0.29, 0.717) is 0 Å². The van der Waals surface area contributed by atoms with Gasteiger partial charge in [-0.1, -0.05) is 56.3 Å². The van der Waals surface area contributed by atoms with E-state index in [2.05, 4.69) is 41.9 Å². The zero-order valence-electron chi connectivity index (χ0n) is 15.8. The Labute approximate surface area is 155 Å². The molecule has 26 heavy (non-hydrogen) atoms. The molecule has 1 amide bonds. The van der Waals surface area contributed by atoms with Crippen molar-refractivity contribution in [3.05, 3.63) is 66.0 Å². The number of para-hydroxylation sites is 2. The van der Waals surface area contributed by atoms with Crippen molar-refractivity contribution >= 4 is 16.9 Å². The molecule has 1 unspecified atom stereocenters. The van der Waals surface area contributed by atoms with Crippen LogP contribution < -0.4 is 5.32 Å². The number of amides is 1. The zero-order chi connectivity index (χ0) is 18.5. The van der Waals surface area contributed by atoms with Gasteiger partial charge >= 0.3 is 0 Å². The maximum Gasteiger partial charge on any atom is 0.223 e. The van der Waals surface area contributed by atoms with Gasteiger partial charge in [0.15, 0.2) is 0 Å². The van der Waals surface area contributed by atoms with Crippen LogP contribution in [0.15, 0.2) is 54.6 Å². The first-order valence-electron chi connectivity index (χ1n) is 9.43. The number of fused-ring (bicyclic) bond motifs is 1. The van der Waals surface area contributed by atoms with E-state index in [-0.39, 0.29) is 17.9 Å². The van der Waals surface area contributed by atoms with Crippen LogP contribution >= 0.6 is 0 Å². The van der Waals surface area contributed by atoms with Gasteiger partial charge in [0.25, 0.3) is 0 Å². The van der Waals surface area contributed by atoms with Crippen LogP contribution in [0.25, 0.3) is 11.0 Å². The zero-order valence-corrected chi connectivity index (χ0v) is 15.8. The normalized spacial score (nSPS) is 12.5. The fraction of sp³-hybridized carbons (Fsp3) is 0.364. The predicted octanol–water partition coefficient (Wildman–Crippen LogP) is 4.70. The maximum atomic E-state index is 12.5. The third kappa shape index (κ3) is 3.79. The van der Waals surface area contributed by atoms with Gasteiger partial charge in [-0.3, -0.25) is 4.79 Å². The van der Waals surface area contributed by atoms with E-state index in [1.807, 2.05) is 43.3 Å². The Morgan fingerprint density at radius 2 is 1.69 bits per heavy atom. The Bertz CT molecular complexity index is 865. The first-order valence-corrected chi connectivity index (χ1v) is 9.43. The Kier molecular flexibility index (Phi) is 5.71. The molecule has 1 atom stereocenters. The third-order valence-corrected chi connectivity index (χ3v) is 4.97. The summed E-state index contributed by atoms with van der Waals surface area (Å²) in [6.45, 7) is 6.87. The molecule has 1 N–H and O–H groups in total. The number of hydrogen-bond donors (Lipinski definition) is 1. The van der Waals surface area contributed by atoms with Crippen LogP contribution in [-0.2, 0) is 11.3 Å². The number of aromatic nitrogens is 2. The molecule has 2 aromatic carbocycles. The highest BCUT2D eigenvalue weighted by atomic mass is 16.1. The van der Waals surface area contributed by atoms with Crippen molar-refractivity contribution in [2.24, 2.45) is 5.92 Å². The quantitative estimate of drug-likeness (QED) is 0.672. The summed E-state index contributed by atoms with van der Waals surface area (Å²) in [6.07, 6.45) is 1.71. The van der Waals surface area contributed by atoms with Crippen molar-refractivity contribution in [2.45, 2.75) is 46.2 Å². The molecule has 136 valence electrons. The summed E-state index contributed by atoms with van der Waals surface area (Å²) in [7, 11) is 0. The Hall–Kier alpha value is -2.62. The molecule has 0 saturated heterocycles. The lowest BCUT2D eigenvalue weighted by Crippen LogP contribution is -2.33. The maximum absolute atomic E-state index is 12.5. The summed E-state index contributed by atoms with van der Waals surface area (Å²) < 4.78 is 2.21. The van der Waals surface area contributed by atoms with Crippen molar-refractivity contribution in [3.63, 3.8) is 0 Å². The van der Waals surface area contributed by atoms with E-state index in [1.54, 1.807) is 0 Å². The van der Waals surface area contributed by atoms with Crippen LogP contribution in [0.4, 0.5) is 0 Å². The van der Waals surface area contributed by atoms with Crippen molar-refractivity contribution in [3.8, 4) is 0 Å². The summed E-state index contributed by atoms with van der Waals surface area (Å²) in [5.74, 6) is 1.07. The standard InChI is InChI=1S/C22H27N3O/c1-4-18(5-2)22(26)23-16(3)21-24-19-13-9-10-14-20(19)25(21)15-17-11-7-6-8-12-17/h6-14,16,18H,4-5,15H2,1-3H3,(H,23,26). The van der Waals surface area contributed by atoms with Gasteiger partial charge < -0.3 is 9.88 Å². The lowest BCUT2D eigenvalue weighted by atomic mass is 10.0. The number of rotatable bonds is 7. The number of carbonyl (C=O) groups is 1. The van der Waals surface area contributed by atoms with E-state index in [1.165, 1.54) is 5.56 Å². The van der Waals surface area contributed by atoms with E-state index in [4.69, 9.17) is 4.98 Å². The molecule has 0 fully saturated rings. The Morgan fingerprint density at radius 1 is 1.04 bits per heavy atom. The fourth-order valence-electron chi connectivity index (χ4n) is 3.41. The van der Waals surface area contributed by atoms with Gasteiger partial charge in [-0.25, -0.2) is 4.98 Å². The highest BCUT2D eigenvalue weighted by Gasteiger charge is 2.21. The Balaban J connectivity index is 1.94. The van der Waals surface area contributed by atoms with Crippen LogP contribution in [0.5, 0.6) is 0 Å². The molecule has 0 aliphatic rings. The summed E-state index contributed by atoms with van der Waals surface area (Å²) in [5.41, 5.74) is 3.27. The predicted molar refractivity (Wildman–Crippen MR) is 106 cm³/mol. The van der Waals surface area contributed by atoms with Gasteiger partial charge in [0, 0.05) is 12.5 Å². The fourth-order valence-corrected chi connectivity index (χ4v) is 3.41. The van der Waals surface area contributed by atoms with Gasteiger partial charge in [-0.15, -0.1) is 0 Å². The molecule has 4 nitrogen and oxygen atoms in total. The topological polar surface area (TPSA) is 46.9 Å². The number of carbonyl (C=O) groups excluding carboxylic acids is 1. The number of hydrogen-bond acceptors (Lipinski definition) is 2. The van der Waals surface area contributed by atoms with E-state index in [9.17, 15) is 4.79 Å². The van der Waals surface area contributed by atoms with Gasteiger partial charge in [0.2, 0.25) is 5.91 Å². The third-order valence-electron chi connectivity index (χ3n) is 4.97. The van der Waals surface area contributed by atoms with Crippen molar-refractivity contribution in [2.75, 3.05) is 0 Å². The SMILES string of the molecule is CCC(CC)C(=O)NC(C)c1nc2ccccc2n1Cc1ccccc1. The first-order chi connectivity index (χ1) is 12.6. The van der Waals surface area contributed by atoms with Crippen LogP contribution in [0.3, 0.4) is 0 Å². The minimum Gasteiger partial charge on any atom is -0.346 e. The number of nitrogens with one attached hydrogen (secondary N) is 1. The van der Waals surface area contributed by atoms with Crippen molar-refractivity contribution < 1.29 is 4.79 Å². The van der Waals surface area contributed by atoms with Crippen LogP contribution in [-0.4, -0.2) is 15.5 Å². The highest BCUT2D eigenvalue weighted by molar-refractivity contribution is 5.79. The van der Waals surface area contributed by atoms with Gasteiger partial charge in [-0.2, -0.15) is 0 Å². The molecule has 0 bridgehead atoms. The number of imidazole rings is 1. The highest BCUT2D eigenvalue weighted by Crippen LogP contribution is 2.23. The summed E-state index contributed by atoms with van der Waals surface area (Å²) in [5, 5.41) is 3.16. The molecular weight excluding hydrogens is 322 g/mol. The van der Waals surface area contributed by atoms with Crippen LogP contribution in [0.2, 0.25) is 0 Å². The molecule has 4 heteroatoms. The second-order valence-electron chi connectivity index (χ2n) is 6.77. The average molecular weight is 349 g/mol. The minimum absolute atomic E-state index is 0.0596. The number of benzene rings is 2. The Morgan fingerprint density at radius 3 is 2.38 bits per heavy atom. The van der Waals surface area contributed by atoms with Gasteiger partial charge in [0.05, 0.1) is 17.1 Å². The largest absolute Gasteiger partial charge is 0.346 e. The van der Waals surface area contributed by atoms with E-state index >= 15 is 0 Å². The summed E-state index contributed by atoms with van der Waals surface area (Å²) >= 11 is 0. The van der Waals surface area contributed by atoms with Gasteiger partial charge in [-0.05, 0) is 37.5 Å². The molecule has 3 rings (SSSR count). The monoisotopic (exact) mass is 349 g/mol. The molecule has 1 aromatic heterocycles. The minimum atomic E-state index is -0.140. The molecule has 0 aliphatic carbocycles. The first kappa shape index (κ1) is 18.2. The molecule has 3 aromatic rings. The second-order valence-corrected chi connectivity index (χ2v) is 6.77. The lowest BCUT2D eigenvalue weighted by molar-refractivity contribution is -0.125. The van der Waals surface area contributed by atoms with Crippen molar-refractivity contribution in [1.82, 2.24) is 14.9 Å². The molecule has 0 aliphatic heterocycles. The molecular formula is C22H27N3O. The van der Waals surface area contributed by atoms with Gasteiger partial charge in [0.1, 0.15) is 5.82 Å².